The van der Waals surface area contributed by atoms with Crippen LogP contribution in [0.1, 0.15) is 10.6 Å². The number of hydrogen-bond donors (Lipinski definition) is 1. The van der Waals surface area contributed by atoms with Gasteiger partial charge in [-0.25, -0.2) is 0 Å². The molecule has 0 saturated carbocycles. The number of nitrogens with zero attached hydrogens (tertiary/aromatic N) is 2. The highest BCUT2D eigenvalue weighted by molar-refractivity contribution is 6.02. The zero-order valence-electron chi connectivity index (χ0n) is 11.1. The molecule has 0 aliphatic carbocycles. The highest BCUT2D eigenvalue weighted by atomic mass is 16.6. The molecule has 22 heavy (non-hydrogen) atoms. The van der Waals surface area contributed by atoms with Crippen molar-refractivity contribution in [1.29, 1.82) is 0 Å². The molecule has 1 aromatic carbocycles. The van der Waals surface area contributed by atoms with Gasteiger partial charge in [-0.1, -0.05) is 0 Å². The Morgan fingerprint density at radius 1 is 1.23 bits per heavy atom. The molecular formula is C12H9N3O7. The van der Waals surface area contributed by atoms with Crippen molar-refractivity contribution in [3.63, 3.8) is 0 Å². The number of rotatable bonds is 5. The zero-order valence-corrected chi connectivity index (χ0v) is 11.1. The van der Waals surface area contributed by atoms with Gasteiger partial charge in [-0.2, -0.15) is 0 Å². The van der Waals surface area contributed by atoms with Crippen molar-refractivity contribution in [2.75, 3.05) is 12.4 Å². The Balaban J connectivity index is 2.46. The Bertz CT molecular complexity index is 704. The predicted octanol–water partition coefficient (Wildman–Crippen LogP) is 2.36. The molecule has 2 aromatic rings. The van der Waals surface area contributed by atoms with E-state index in [-0.39, 0.29) is 11.4 Å². The lowest BCUT2D eigenvalue weighted by Crippen LogP contribution is -2.11. The fourth-order valence-corrected chi connectivity index (χ4v) is 1.75. The van der Waals surface area contributed by atoms with Crippen LogP contribution in [0.5, 0.6) is 5.75 Å². The minimum atomic E-state index is -0.839. The summed E-state index contributed by atoms with van der Waals surface area (Å²) in [5.74, 6) is -1.23. The highest BCUT2D eigenvalue weighted by Crippen LogP contribution is 2.39. The van der Waals surface area contributed by atoms with E-state index in [1.165, 1.54) is 18.4 Å². The van der Waals surface area contributed by atoms with Crippen LogP contribution in [-0.4, -0.2) is 22.9 Å². The number of hydrogen-bond acceptors (Lipinski definition) is 7. The molecule has 0 fully saturated rings. The lowest BCUT2D eigenvalue weighted by atomic mass is 10.2. The van der Waals surface area contributed by atoms with E-state index in [1.54, 1.807) is 0 Å². The number of amides is 1. The standard InChI is InChI=1S/C12H9N3O7/c1-21-11-8(14(17)18)5-7(6-9(11)15(19)20)13-12(16)10-3-2-4-22-10/h2-6H,1H3,(H,13,16). The number of carbonyl (C=O) groups excluding carboxylic acids is 1. The first kappa shape index (κ1) is 15.0. The largest absolute Gasteiger partial charge is 0.485 e. The fourth-order valence-electron chi connectivity index (χ4n) is 1.75. The average molecular weight is 307 g/mol. The molecule has 1 amide bonds. The van der Waals surface area contributed by atoms with Crippen molar-refractivity contribution in [2.24, 2.45) is 0 Å². The van der Waals surface area contributed by atoms with Gasteiger partial charge in [0.1, 0.15) is 0 Å². The van der Waals surface area contributed by atoms with Crippen LogP contribution in [0.15, 0.2) is 34.9 Å². The van der Waals surface area contributed by atoms with Gasteiger partial charge in [0.15, 0.2) is 5.76 Å². The summed E-state index contributed by atoms with van der Waals surface area (Å²) < 4.78 is 9.58. The minimum Gasteiger partial charge on any atom is -0.485 e. The summed E-state index contributed by atoms with van der Waals surface area (Å²) in [5, 5.41) is 24.3. The van der Waals surface area contributed by atoms with Crippen molar-refractivity contribution in [2.45, 2.75) is 0 Å². The summed E-state index contributed by atoms with van der Waals surface area (Å²) in [4.78, 5) is 32.1. The van der Waals surface area contributed by atoms with E-state index in [4.69, 9.17) is 9.15 Å². The molecule has 10 heteroatoms. The van der Waals surface area contributed by atoms with Crippen molar-refractivity contribution >= 4 is 23.0 Å². The second-order valence-corrected chi connectivity index (χ2v) is 3.99. The number of benzene rings is 1. The Labute approximate surface area is 122 Å². The van der Waals surface area contributed by atoms with Gasteiger partial charge in [0.05, 0.1) is 28.9 Å². The van der Waals surface area contributed by atoms with Crippen LogP contribution in [0.2, 0.25) is 0 Å². The normalized spacial score (nSPS) is 10.0. The number of anilines is 1. The van der Waals surface area contributed by atoms with Crippen molar-refractivity contribution in [3.05, 3.63) is 56.5 Å². The third kappa shape index (κ3) is 2.85. The molecule has 0 unspecified atom stereocenters. The molecule has 0 aliphatic rings. The maximum absolute atomic E-state index is 11.8. The second kappa shape index (κ2) is 5.91. The van der Waals surface area contributed by atoms with E-state index in [9.17, 15) is 25.0 Å². The molecule has 0 aliphatic heterocycles. The molecule has 0 atom stereocenters. The van der Waals surface area contributed by atoms with Crippen LogP contribution in [0.3, 0.4) is 0 Å². The molecule has 0 spiro atoms. The number of nitro groups is 2. The molecule has 0 saturated heterocycles. The van der Waals surface area contributed by atoms with Gasteiger partial charge in [-0.05, 0) is 12.1 Å². The number of methoxy groups -OCH3 is 1. The van der Waals surface area contributed by atoms with E-state index >= 15 is 0 Å². The maximum atomic E-state index is 11.8. The van der Waals surface area contributed by atoms with Gasteiger partial charge in [-0.3, -0.25) is 25.0 Å². The number of ether oxygens (including phenoxy) is 1. The molecule has 114 valence electrons. The van der Waals surface area contributed by atoms with Gasteiger partial charge >= 0.3 is 11.4 Å². The first-order chi connectivity index (χ1) is 10.4. The molecule has 2 rings (SSSR count). The number of nitro benzene ring substituents is 2. The third-order valence-corrected chi connectivity index (χ3v) is 2.65. The second-order valence-electron chi connectivity index (χ2n) is 3.99. The molecule has 1 aromatic heterocycles. The van der Waals surface area contributed by atoms with E-state index in [2.05, 4.69) is 5.32 Å². The topological polar surface area (TPSA) is 138 Å². The lowest BCUT2D eigenvalue weighted by Gasteiger charge is -2.07. The smallest absolute Gasteiger partial charge is 0.320 e. The number of nitrogens with one attached hydrogen (secondary N) is 1. The zero-order chi connectivity index (χ0) is 16.3. The van der Waals surface area contributed by atoms with E-state index in [0.717, 1.165) is 19.2 Å². The van der Waals surface area contributed by atoms with Crippen LogP contribution in [-0.2, 0) is 0 Å². The molecule has 10 nitrogen and oxygen atoms in total. The van der Waals surface area contributed by atoms with Gasteiger partial charge in [0.2, 0.25) is 0 Å². The van der Waals surface area contributed by atoms with Gasteiger partial charge in [-0.15, -0.1) is 0 Å². The summed E-state index contributed by atoms with van der Waals surface area (Å²) in [7, 11) is 1.08. The Morgan fingerprint density at radius 3 is 2.23 bits per heavy atom. The van der Waals surface area contributed by atoms with Crippen molar-refractivity contribution in [1.82, 2.24) is 0 Å². The van der Waals surface area contributed by atoms with Crippen LogP contribution >= 0.6 is 0 Å². The summed E-state index contributed by atoms with van der Waals surface area (Å²) in [5.41, 5.74) is -1.39. The maximum Gasteiger partial charge on any atom is 0.320 e. The Morgan fingerprint density at radius 2 is 1.82 bits per heavy atom. The molecule has 0 bridgehead atoms. The minimum absolute atomic E-state index is 0.0406. The number of furan rings is 1. The Kier molecular flexibility index (Phi) is 4.02. The first-order valence-electron chi connectivity index (χ1n) is 5.79. The van der Waals surface area contributed by atoms with Crippen LogP contribution < -0.4 is 10.1 Å². The van der Waals surface area contributed by atoms with Gasteiger partial charge < -0.3 is 14.5 Å². The SMILES string of the molecule is COc1c([N+](=O)[O-])cc(NC(=O)c2ccco2)cc1[N+](=O)[O-]. The van der Waals surface area contributed by atoms with Crippen molar-refractivity contribution in [3.8, 4) is 5.75 Å². The third-order valence-electron chi connectivity index (χ3n) is 2.65. The van der Waals surface area contributed by atoms with Gasteiger partial charge in [0, 0.05) is 12.1 Å². The summed E-state index contributed by atoms with van der Waals surface area (Å²) >= 11 is 0. The summed E-state index contributed by atoms with van der Waals surface area (Å²) in [6.45, 7) is 0. The van der Waals surface area contributed by atoms with Crippen LogP contribution in [0, 0.1) is 20.2 Å². The monoisotopic (exact) mass is 307 g/mol. The first-order valence-corrected chi connectivity index (χ1v) is 5.79. The molecule has 1 N–H and O–H groups in total. The summed E-state index contributed by atoms with van der Waals surface area (Å²) in [6, 6.07) is 4.79. The van der Waals surface area contributed by atoms with Crippen LogP contribution in [0.25, 0.3) is 0 Å². The fraction of sp³-hybridized carbons (Fsp3) is 0.0833. The number of carbonyl (C=O) groups is 1. The van der Waals surface area contributed by atoms with E-state index < -0.39 is 32.9 Å². The molecule has 1 heterocycles. The van der Waals surface area contributed by atoms with Crippen LogP contribution in [0.4, 0.5) is 17.1 Å². The predicted molar refractivity (Wildman–Crippen MR) is 73.0 cm³/mol. The van der Waals surface area contributed by atoms with Crippen molar-refractivity contribution < 1.29 is 23.8 Å². The quantitative estimate of drug-likeness (QED) is 0.660. The van der Waals surface area contributed by atoms with Gasteiger partial charge in [0.25, 0.3) is 11.7 Å². The average Bonchev–Trinajstić information content (AvgIpc) is 3.00. The highest BCUT2D eigenvalue weighted by Gasteiger charge is 2.28. The van der Waals surface area contributed by atoms with E-state index in [1.807, 2.05) is 0 Å². The summed E-state index contributed by atoms with van der Waals surface area (Å²) in [6.07, 6.45) is 1.27. The van der Waals surface area contributed by atoms with E-state index in [0.29, 0.717) is 0 Å². The molecular weight excluding hydrogens is 298 g/mol. The molecule has 0 radical (unpaired) electrons. The lowest BCUT2D eigenvalue weighted by molar-refractivity contribution is -0.395. The Hall–Kier alpha value is -3.43.